The summed E-state index contributed by atoms with van der Waals surface area (Å²) in [5, 5.41) is 2.64. The number of aliphatic imine (C=N–C) groups is 1. The third-order valence-corrected chi connectivity index (χ3v) is 8.65. The molecule has 0 saturated carbocycles. The molecule has 3 rings (SSSR count). The fourth-order valence-corrected chi connectivity index (χ4v) is 7.62. The zero-order chi connectivity index (χ0) is 11.0. The summed E-state index contributed by atoms with van der Waals surface area (Å²) in [7, 11) is 1.97. The molecule has 0 N–H and O–H groups in total. The normalized spacial score (nSPS) is 31.6. The van der Waals surface area contributed by atoms with E-state index in [0.717, 1.165) is 0 Å². The average Bonchev–Trinajstić information content (AvgIpc) is 2.97. The summed E-state index contributed by atoms with van der Waals surface area (Å²) >= 11 is 2.56. The van der Waals surface area contributed by atoms with Crippen molar-refractivity contribution in [3.05, 3.63) is 0 Å². The molecule has 2 fully saturated rings. The van der Waals surface area contributed by atoms with Crippen LogP contribution in [0.3, 0.4) is 0 Å². The van der Waals surface area contributed by atoms with Gasteiger partial charge >= 0.3 is 0 Å². The van der Waals surface area contributed by atoms with Gasteiger partial charge in [0.15, 0.2) is 10.3 Å². The number of rotatable bonds is 0. The predicted molar refractivity (Wildman–Crippen MR) is 83.3 cm³/mol. The van der Waals surface area contributed by atoms with Gasteiger partial charge in [0.2, 0.25) is 0 Å². The van der Waals surface area contributed by atoms with E-state index in [1.54, 1.807) is 0 Å². The lowest BCUT2D eigenvalue weighted by atomic mass is 10.4. The maximum absolute atomic E-state index is 4.89. The Hall–Kier alpha value is 0.730. The summed E-state index contributed by atoms with van der Waals surface area (Å²) in [5.41, 5.74) is 0. The van der Waals surface area contributed by atoms with Crippen LogP contribution in [0.25, 0.3) is 0 Å². The van der Waals surface area contributed by atoms with Gasteiger partial charge in [-0.3, -0.25) is 4.90 Å². The highest BCUT2D eigenvalue weighted by atomic mass is 127. The van der Waals surface area contributed by atoms with Crippen LogP contribution in [-0.2, 0) is 0 Å². The molecule has 16 heavy (non-hydrogen) atoms. The molecular weight excluding hydrogens is 353 g/mol. The number of hydrogen-bond donors (Lipinski definition) is 0. The largest absolute Gasteiger partial charge is 0.350 e. The third kappa shape index (κ3) is 2.30. The fourth-order valence-electron chi connectivity index (χ4n) is 2.35. The molecule has 0 aliphatic carbocycles. The van der Waals surface area contributed by atoms with Crippen molar-refractivity contribution >= 4 is 49.0 Å². The molecule has 90 valence electrons. The van der Waals surface area contributed by atoms with Crippen LogP contribution in [0.2, 0.25) is 0 Å². The van der Waals surface area contributed by atoms with E-state index in [0.29, 0.717) is 0 Å². The lowest BCUT2D eigenvalue weighted by Crippen LogP contribution is -2.27. The van der Waals surface area contributed by atoms with Crippen molar-refractivity contribution in [2.45, 2.75) is 25.7 Å². The first-order valence-electron chi connectivity index (χ1n) is 5.89. The summed E-state index contributed by atoms with van der Waals surface area (Å²) in [5.74, 6) is 0. The molecule has 3 aliphatic rings. The molecule has 1 unspecified atom stereocenters. The Bertz CT molecular complexity index is 344. The highest BCUT2D eigenvalue weighted by molar-refractivity contribution is 14.2. The van der Waals surface area contributed by atoms with E-state index in [-0.39, 0.29) is 6.69 Å². The molecule has 0 aromatic carbocycles. The Morgan fingerprint density at radius 3 is 2.19 bits per heavy atom. The zero-order valence-electron chi connectivity index (χ0n) is 9.19. The Morgan fingerprint density at radius 2 is 1.56 bits per heavy atom. The van der Waals surface area contributed by atoms with Crippen molar-refractivity contribution in [1.29, 1.82) is 0 Å². The molecular formula is C10H16IN3S2. The van der Waals surface area contributed by atoms with Gasteiger partial charge in [-0.2, -0.15) is 0 Å². The number of halogens is 1. The molecule has 0 spiro atoms. The van der Waals surface area contributed by atoms with E-state index in [4.69, 9.17) is 4.99 Å². The maximum Gasteiger partial charge on any atom is 0.177 e. The van der Waals surface area contributed by atoms with Gasteiger partial charge in [-0.05, 0) is 43.2 Å². The summed E-state index contributed by atoms with van der Waals surface area (Å²) in [6, 6.07) is 0. The van der Waals surface area contributed by atoms with Gasteiger partial charge in [0.25, 0.3) is 0 Å². The Labute approximate surface area is 115 Å². The van der Waals surface area contributed by atoms with Crippen molar-refractivity contribution in [3.63, 3.8) is 0 Å². The van der Waals surface area contributed by atoms with Crippen LogP contribution in [0.4, 0.5) is 0 Å². The van der Waals surface area contributed by atoms with Gasteiger partial charge in [0, 0.05) is 47.4 Å². The molecule has 0 bridgehead atoms. The standard InChI is InChI=1S/C10H16IN3S2/c11-16-10(14-7-3-4-8-14)12-9(15-16)13-5-1-2-6-13/h1-8H2. The van der Waals surface area contributed by atoms with Gasteiger partial charge in [-0.1, -0.05) is 0 Å². The number of amidine groups is 1. The second-order valence-corrected chi connectivity index (χ2v) is 11.7. The minimum atomic E-state index is 0.257. The van der Waals surface area contributed by atoms with Crippen LogP contribution in [0.1, 0.15) is 25.7 Å². The van der Waals surface area contributed by atoms with Crippen LogP contribution in [0.5, 0.6) is 0 Å². The second-order valence-electron chi connectivity index (χ2n) is 4.37. The number of hydrogen-bond acceptors (Lipinski definition) is 4. The monoisotopic (exact) mass is 369 g/mol. The highest BCUT2D eigenvalue weighted by Crippen LogP contribution is 2.47. The zero-order valence-corrected chi connectivity index (χ0v) is 13.0. The van der Waals surface area contributed by atoms with Crippen LogP contribution < -0.4 is 0 Å². The van der Waals surface area contributed by atoms with E-state index in [2.05, 4.69) is 31.0 Å². The van der Waals surface area contributed by atoms with Crippen LogP contribution in [0, 0.1) is 0 Å². The van der Waals surface area contributed by atoms with Gasteiger partial charge in [0.05, 0.1) is 0 Å². The number of nitrogens with zero attached hydrogens (tertiary/aromatic N) is 3. The third-order valence-electron chi connectivity index (χ3n) is 3.24. The SMILES string of the molecule is IS1=C(N2CCCC2)N=C(N2CCCC2)S1. The lowest BCUT2D eigenvalue weighted by molar-refractivity contribution is 0.514. The maximum atomic E-state index is 4.89. The molecule has 3 nitrogen and oxygen atoms in total. The quantitative estimate of drug-likeness (QED) is 0.372. The van der Waals surface area contributed by atoms with Gasteiger partial charge in [0.1, 0.15) is 0 Å². The first kappa shape index (κ1) is 11.8. The Balaban J connectivity index is 1.74. The van der Waals surface area contributed by atoms with E-state index < -0.39 is 0 Å². The number of likely N-dealkylation sites (tertiary alicyclic amines) is 2. The Morgan fingerprint density at radius 1 is 1.00 bits per heavy atom. The molecule has 0 amide bonds. The minimum Gasteiger partial charge on any atom is -0.350 e. The fraction of sp³-hybridized carbons (Fsp3) is 0.800. The molecule has 3 aliphatic heterocycles. The molecule has 2 saturated heterocycles. The molecule has 1 atom stereocenters. The second kappa shape index (κ2) is 5.16. The van der Waals surface area contributed by atoms with Crippen molar-refractivity contribution in [3.8, 4) is 0 Å². The van der Waals surface area contributed by atoms with E-state index in [1.165, 1.54) is 62.1 Å². The van der Waals surface area contributed by atoms with E-state index >= 15 is 0 Å². The molecule has 0 aromatic rings. The average molecular weight is 369 g/mol. The lowest BCUT2D eigenvalue weighted by Gasteiger charge is -2.15. The van der Waals surface area contributed by atoms with Crippen molar-refractivity contribution in [1.82, 2.24) is 9.80 Å². The summed E-state index contributed by atoms with van der Waals surface area (Å²) < 4.78 is 0. The predicted octanol–water partition coefficient (Wildman–Crippen LogP) is 2.90. The van der Waals surface area contributed by atoms with Crippen LogP contribution in [0.15, 0.2) is 4.99 Å². The first-order valence-corrected chi connectivity index (χ1v) is 11.0. The Kier molecular flexibility index (Phi) is 3.80. The molecule has 0 aromatic heterocycles. The van der Waals surface area contributed by atoms with Crippen molar-refractivity contribution in [2.75, 3.05) is 26.2 Å². The summed E-state index contributed by atoms with van der Waals surface area (Å²) in [6.07, 6.45) is 5.37. The molecule has 6 heteroatoms. The topological polar surface area (TPSA) is 18.8 Å². The summed E-state index contributed by atoms with van der Waals surface area (Å²) in [6.45, 7) is 5.13. The highest BCUT2D eigenvalue weighted by Gasteiger charge is 2.28. The van der Waals surface area contributed by atoms with E-state index in [9.17, 15) is 0 Å². The smallest absolute Gasteiger partial charge is 0.177 e. The molecule has 3 heterocycles. The van der Waals surface area contributed by atoms with Crippen LogP contribution >= 0.6 is 38.7 Å². The van der Waals surface area contributed by atoms with Gasteiger partial charge < -0.3 is 4.90 Å². The van der Waals surface area contributed by atoms with Crippen molar-refractivity contribution < 1.29 is 0 Å². The van der Waals surface area contributed by atoms with Crippen LogP contribution in [-0.4, -0.2) is 46.3 Å². The van der Waals surface area contributed by atoms with Gasteiger partial charge in [-0.15, -0.1) is 0 Å². The van der Waals surface area contributed by atoms with Gasteiger partial charge in [-0.25, -0.2) is 4.99 Å². The molecule has 0 radical (unpaired) electrons. The van der Waals surface area contributed by atoms with Crippen molar-refractivity contribution in [2.24, 2.45) is 4.99 Å². The minimum absolute atomic E-state index is 0.257. The first-order chi connectivity index (χ1) is 7.84. The van der Waals surface area contributed by atoms with E-state index in [1.807, 2.05) is 10.8 Å². The summed E-state index contributed by atoms with van der Waals surface area (Å²) in [4.78, 5) is 9.84.